The molecular weight excluding hydrogens is 679 g/mol. The number of rotatable bonds is 6. The van der Waals surface area contributed by atoms with E-state index in [1.54, 1.807) is 0 Å². The summed E-state index contributed by atoms with van der Waals surface area (Å²) in [6, 6.07) is 52.9. The molecule has 3 heteroatoms. The van der Waals surface area contributed by atoms with Gasteiger partial charge in [-0.2, -0.15) is 0 Å². The molecule has 0 saturated carbocycles. The highest BCUT2D eigenvalue weighted by Gasteiger charge is 2.30. The second kappa shape index (κ2) is 13.3. The highest BCUT2D eigenvalue weighted by atomic mass is 15.0. The molecule has 11 rings (SSSR count). The van der Waals surface area contributed by atoms with E-state index in [2.05, 4.69) is 199 Å². The summed E-state index contributed by atoms with van der Waals surface area (Å²) in [4.78, 5) is 10.3. The quantitative estimate of drug-likeness (QED) is 0.172. The molecule has 3 nitrogen and oxygen atoms in total. The fourth-order valence-electron chi connectivity index (χ4n) is 8.91. The predicted octanol–water partition coefficient (Wildman–Crippen LogP) is 11.0. The molecule has 0 spiro atoms. The molecular formula is C53H37N3. The van der Waals surface area contributed by atoms with Crippen LogP contribution < -0.4 is 10.7 Å². The summed E-state index contributed by atoms with van der Waals surface area (Å²) in [5, 5.41) is 4.56. The van der Waals surface area contributed by atoms with Crippen molar-refractivity contribution in [3.05, 3.63) is 222 Å². The summed E-state index contributed by atoms with van der Waals surface area (Å²) in [7, 11) is 0. The highest BCUT2D eigenvalue weighted by Crippen LogP contribution is 2.37. The maximum Gasteiger partial charge on any atom is 0.0935 e. The van der Waals surface area contributed by atoms with Crippen LogP contribution in [-0.4, -0.2) is 14.5 Å². The number of hydrogen-bond donors (Lipinski definition) is 0. The Hall–Kier alpha value is -7.10. The minimum absolute atomic E-state index is 0.282. The van der Waals surface area contributed by atoms with E-state index < -0.39 is 0 Å². The van der Waals surface area contributed by atoms with Crippen LogP contribution in [0.3, 0.4) is 0 Å². The molecule has 0 aliphatic heterocycles. The monoisotopic (exact) mass is 715 g/mol. The van der Waals surface area contributed by atoms with Gasteiger partial charge >= 0.3 is 0 Å². The number of hydrogen-bond acceptors (Lipinski definition) is 2. The van der Waals surface area contributed by atoms with Gasteiger partial charge in [-0.1, -0.05) is 158 Å². The normalized spacial score (nSPS) is 16.6. The van der Waals surface area contributed by atoms with E-state index in [1.165, 1.54) is 66.5 Å². The molecule has 6 aromatic carbocycles. The minimum Gasteiger partial charge on any atom is -0.309 e. The number of para-hydroxylation sites is 2. The van der Waals surface area contributed by atoms with Crippen molar-refractivity contribution in [1.29, 1.82) is 0 Å². The fourth-order valence-corrected chi connectivity index (χ4v) is 8.91. The van der Waals surface area contributed by atoms with Gasteiger partial charge in [-0.3, -0.25) is 4.98 Å². The van der Waals surface area contributed by atoms with E-state index in [0.29, 0.717) is 5.92 Å². The third kappa shape index (κ3) is 5.51. The Morgan fingerprint density at radius 2 is 1.09 bits per heavy atom. The third-order valence-corrected chi connectivity index (χ3v) is 11.7. The first-order chi connectivity index (χ1) is 27.7. The Kier molecular flexibility index (Phi) is 7.70. The number of fused-ring (bicyclic) bond motifs is 7. The maximum absolute atomic E-state index is 5.25. The van der Waals surface area contributed by atoms with Gasteiger partial charge in [-0.05, 0) is 87.3 Å². The molecule has 2 unspecified atom stereocenters. The molecule has 0 amide bonds. The topological polar surface area (TPSA) is 30.7 Å². The van der Waals surface area contributed by atoms with Crippen molar-refractivity contribution in [2.75, 3.05) is 0 Å². The number of aromatic nitrogens is 3. The summed E-state index contributed by atoms with van der Waals surface area (Å²) in [6.45, 7) is 0. The molecule has 0 bridgehead atoms. The van der Waals surface area contributed by atoms with Crippen LogP contribution in [0.1, 0.15) is 11.1 Å². The molecule has 2 aromatic heterocycles. The number of allylic oxidation sites excluding steroid dienone is 8. The van der Waals surface area contributed by atoms with Gasteiger partial charge in [0.15, 0.2) is 0 Å². The van der Waals surface area contributed by atoms with Crippen LogP contribution in [0, 0.1) is 11.8 Å². The first-order valence-electron chi connectivity index (χ1n) is 19.4. The maximum atomic E-state index is 5.25. The predicted molar refractivity (Wildman–Crippen MR) is 232 cm³/mol. The Balaban J connectivity index is 0.844. The van der Waals surface area contributed by atoms with Crippen LogP contribution in [0.4, 0.5) is 0 Å². The molecule has 0 saturated heterocycles. The van der Waals surface area contributed by atoms with E-state index in [0.717, 1.165) is 33.9 Å². The minimum atomic E-state index is 0.282. The Morgan fingerprint density at radius 3 is 1.86 bits per heavy atom. The summed E-state index contributed by atoms with van der Waals surface area (Å²) < 4.78 is 2.37. The van der Waals surface area contributed by atoms with Crippen molar-refractivity contribution in [3.8, 4) is 39.2 Å². The molecule has 8 aromatic rings. The second-order valence-corrected chi connectivity index (χ2v) is 15.0. The SMILES string of the molecule is C1=CC2=c3ncc(-c4cccc(-c5ccc(-c6ccc(Cc7ccc8c(c7)c7ccccc7n8-c7ccccc7)cc6)cc5)c4)nc3=C3C=CC=CC3C2C=C1. The third-order valence-electron chi connectivity index (χ3n) is 11.7. The van der Waals surface area contributed by atoms with Crippen molar-refractivity contribution in [3.63, 3.8) is 0 Å². The number of benzene rings is 6. The lowest BCUT2D eigenvalue weighted by Gasteiger charge is -2.30. The molecule has 0 radical (unpaired) electrons. The summed E-state index contributed by atoms with van der Waals surface area (Å²) in [6.07, 6.45) is 20.3. The second-order valence-electron chi connectivity index (χ2n) is 15.0. The molecule has 2 atom stereocenters. The van der Waals surface area contributed by atoms with Crippen LogP contribution >= 0.6 is 0 Å². The molecule has 0 N–H and O–H groups in total. The summed E-state index contributed by atoms with van der Waals surface area (Å²) in [5.74, 6) is 0.583. The van der Waals surface area contributed by atoms with Gasteiger partial charge in [0, 0.05) is 33.9 Å². The summed E-state index contributed by atoms with van der Waals surface area (Å²) >= 11 is 0. The Morgan fingerprint density at radius 1 is 0.464 bits per heavy atom. The Bertz CT molecular complexity index is 3090. The zero-order chi connectivity index (χ0) is 37.0. The van der Waals surface area contributed by atoms with Crippen molar-refractivity contribution in [1.82, 2.24) is 14.5 Å². The zero-order valence-corrected chi connectivity index (χ0v) is 30.8. The van der Waals surface area contributed by atoms with Crippen LogP contribution in [0.25, 0.3) is 72.2 Å². The first-order valence-corrected chi connectivity index (χ1v) is 19.4. The van der Waals surface area contributed by atoms with Gasteiger partial charge in [0.2, 0.25) is 0 Å². The lowest BCUT2D eigenvalue weighted by atomic mass is 9.74. The molecule has 3 aliphatic rings. The lowest BCUT2D eigenvalue weighted by Crippen LogP contribution is -2.43. The van der Waals surface area contributed by atoms with E-state index in [9.17, 15) is 0 Å². The standard InChI is InChI=1S/C53H37N3/c1-2-13-42(14-3-1)56-50-20-9-8-17-45(50)48-32-36(23-30-51(48)56)31-35-21-24-37(25-22-35)38-26-28-39(29-27-38)40-11-10-12-41(33-40)49-34-54-52-46-18-6-4-15-43(46)44-16-5-7-19-47(44)53(52)55-49/h1-30,32-34,43-44H,31H2. The largest absolute Gasteiger partial charge is 0.309 e. The average Bonchev–Trinajstić information content (AvgIpc) is 3.61. The zero-order valence-electron chi connectivity index (χ0n) is 30.8. The van der Waals surface area contributed by atoms with Crippen LogP contribution in [0.2, 0.25) is 0 Å². The lowest BCUT2D eigenvalue weighted by molar-refractivity contribution is 0.685. The highest BCUT2D eigenvalue weighted by molar-refractivity contribution is 6.09. The molecule has 264 valence electrons. The molecule has 2 heterocycles. The Labute approximate surface area is 326 Å². The summed E-state index contributed by atoms with van der Waals surface area (Å²) in [5.41, 5.74) is 15.5. The van der Waals surface area contributed by atoms with Gasteiger partial charge < -0.3 is 4.57 Å². The van der Waals surface area contributed by atoms with Crippen molar-refractivity contribution < 1.29 is 0 Å². The van der Waals surface area contributed by atoms with Gasteiger partial charge in [0.25, 0.3) is 0 Å². The van der Waals surface area contributed by atoms with Crippen LogP contribution in [-0.2, 0) is 6.42 Å². The van der Waals surface area contributed by atoms with Gasteiger partial charge in [0.1, 0.15) is 0 Å². The first kappa shape index (κ1) is 32.3. The fraction of sp³-hybridized carbons (Fsp3) is 0.0566. The van der Waals surface area contributed by atoms with E-state index in [4.69, 9.17) is 9.97 Å². The van der Waals surface area contributed by atoms with Crippen molar-refractivity contribution in [2.24, 2.45) is 11.8 Å². The number of nitrogens with zero attached hydrogens (tertiary/aromatic N) is 3. The average molecular weight is 716 g/mol. The molecule has 56 heavy (non-hydrogen) atoms. The van der Waals surface area contributed by atoms with Crippen LogP contribution in [0.5, 0.6) is 0 Å². The van der Waals surface area contributed by atoms with Gasteiger partial charge in [0.05, 0.1) is 33.6 Å². The molecule has 0 fully saturated rings. The van der Waals surface area contributed by atoms with E-state index in [-0.39, 0.29) is 5.92 Å². The van der Waals surface area contributed by atoms with Crippen molar-refractivity contribution >= 4 is 33.0 Å². The smallest absolute Gasteiger partial charge is 0.0935 e. The van der Waals surface area contributed by atoms with Gasteiger partial charge in [-0.15, -0.1) is 0 Å². The van der Waals surface area contributed by atoms with Crippen molar-refractivity contribution in [2.45, 2.75) is 6.42 Å². The van der Waals surface area contributed by atoms with Gasteiger partial charge in [-0.25, -0.2) is 4.98 Å². The molecule has 3 aliphatic carbocycles. The van der Waals surface area contributed by atoms with E-state index >= 15 is 0 Å². The van der Waals surface area contributed by atoms with Crippen LogP contribution in [0.15, 0.2) is 200 Å². The van der Waals surface area contributed by atoms with E-state index in [1.807, 2.05) is 6.20 Å².